The van der Waals surface area contributed by atoms with Gasteiger partial charge in [0.1, 0.15) is 12.3 Å². The van der Waals surface area contributed by atoms with Gasteiger partial charge in [0.25, 0.3) is 5.91 Å². The molecular formula is C14H19NO5. The molecule has 6 heteroatoms. The van der Waals surface area contributed by atoms with Gasteiger partial charge in [0.15, 0.2) is 0 Å². The van der Waals surface area contributed by atoms with E-state index in [1.165, 1.54) is 12.0 Å². The predicted molar refractivity (Wildman–Crippen MR) is 73.0 cm³/mol. The molecule has 1 N–H and O–H groups in total. The van der Waals surface area contributed by atoms with E-state index < -0.39 is 5.97 Å². The molecule has 0 spiro atoms. The molecule has 0 bridgehead atoms. The molecule has 0 aliphatic heterocycles. The monoisotopic (exact) mass is 281 g/mol. The van der Waals surface area contributed by atoms with Gasteiger partial charge in [-0.1, -0.05) is 12.1 Å². The first-order valence-electron chi connectivity index (χ1n) is 6.32. The molecule has 6 nitrogen and oxygen atoms in total. The van der Waals surface area contributed by atoms with Gasteiger partial charge in [-0.2, -0.15) is 0 Å². The van der Waals surface area contributed by atoms with Gasteiger partial charge in [-0.15, -0.1) is 0 Å². The highest BCUT2D eigenvalue weighted by atomic mass is 16.5. The second kappa shape index (κ2) is 8.16. The molecule has 0 saturated carbocycles. The summed E-state index contributed by atoms with van der Waals surface area (Å²) in [7, 11) is 1.50. The second-order valence-corrected chi connectivity index (χ2v) is 4.04. The van der Waals surface area contributed by atoms with Crippen LogP contribution in [-0.2, 0) is 9.53 Å². The van der Waals surface area contributed by atoms with Gasteiger partial charge in [-0.05, 0) is 19.1 Å². The fraction of sp³-hybridized carbons (Fsp3) is 0.429. The Labute approximate surface area is 117 Å². The number of aliphatic carboxylic acids is 1. The Hall–Kier alpha value is -2.08. The first kappa shape index (κ1) is 16.0. The Morgan fingerprint density at radius 1 is 1.30 bits per heavy atom. The highest BCUT2D eigenvalue weighted by molar-refractivity contribution is 5.98. The quantitative estimate of drug-likeness (QED) is 0.776. The third kappa shape index (κ3) is 4.55. The molecule has 1 amide bonds. The molecule has 1 aromatic carbocycles. The zero-order valence-electron chi connectivity index (χ0n) is 11.7. The van der Waals surface area contributed by atoms with Crippen molar-refractivity contribution in [2.75, 3.05) is 33.4 Å². The summed E-state index contributed by atoms with van der Waals surface area (Å²) in [6, 6.07) is 6.78. The minimum absolute atomic E-state index is 0.210. The van der Waals surface area contributed by atoms with E-state index in [0.717, 1.165) is 0 Å². The van der Waals surface area contributed by atoms with Crippen LogP contribution in [0.5, 0.6) is 5.75 Å². The van der Waals surface area contributed by atoms with Crippen molar-refractivity contribution in [3.8, 4) is 5.75 Å². The summed E-state index contributed by atoms with van der Waals surface area (Å²) in [6.07, 6.45) is 0. The maximum atomic E-state index is 12.4. The SMILES string of the molecule is CCOc1ccccc1C(=O)N(CCOC)CC(=O)O. The summed E-state index contributed by atoms with van der Waals surface area (Å²) in [5.41, 5.74) is 0.353. The number of carboxylic acids is 1. The Bertz CT molecular complexity index is 461. The van der Waals surface area contributed by atoms with Crippen molar-refractivity contribution in [2.45, 2.75) is 6.92 Å². The number of benzene rings is 1. The van der Waals surface area contributed by atoms with E-state index in [-0.39, 0.29) is 25.6 Å². The number of nitrogens with zero attached hydrogens (tertiary/aromatic N) is 1. The fourth-order valence-corrected chi connectivity index (χ4v) is 1.71. The third-order valence-corrected chi connectivity index (χ3v) is 2.60. The van der Waals surface area contributed by atoms with Gasteiger partial charge in [-0.25, -0.2) is 0 Å². The molecule has 0 aliphatic carbocycles. The average molecular weight is 281 g/mol. The standard InChI is InChI=1S/C14H19NO5/c1-3-20-12-7-5-4-6-11(12)14(18)15(8-9-19-2)10-13(16)17/h4-7H,3,8-10H2,1-2H3,(H,16,17). The minimum Gasteiger partial charge on any atom is -0.493 e. The molecule has 1 aromatic rings. The third-order valence-electron chi connectivity index (χ3n) is 2.60. The zero-order chi connectivity index (χ0) is 15.0. The van der Waals surface area contributed by atoms with Gasteiger partial charge in [0.05, 0.1) is 18.8 Å². The van der Waals surface area contributed by atoms with Crippen LogP contribution in [0.25, 0.3) is 0 Å². The summed E-state index contributed by atoms with van der Waals surface area (Å²) in [5, 5.41) is 8.89. The fourth-order valence-electron chi connectivity index (χ4n) is 1.71. The number of ether oxygens (including phenoxy) is 2. The van der Waals surface area contributed by atoms with Gasteiger partial charge in [0, 0.05) is 13.7 Å². The molecule has 0 aromatic heterocycles. The molecule has 110 valence electrons. The topological polar surface area (TPSA) is 76.1 Å². The number of rotatable bonds is 8. The normalized spacial score (nSPS) is 10.1. The Kier molecular flexibility index (Phi) is 6.52. The van der Waals surface area contributed by atoms with Crippen LogP contribution in [0.4, 0.5) is 0 Å². The van der Waals surface area contributed by atoms with Gasteiger partial charge in [0.2, 0.25) is 0 Å². The lowest BCUT2D eigenvalue weighted by Gasteiger charge is -2.21. The van der Waals surface area contributed by atoms with Crippen molar-refractivity contribution in [1.82, 2.24) is 4.90 Å². The van der Waals surface area contributed by atoms with Crippen LogP contribution < -0.4 is 4.74 Å². The highest BCUT2D eigenvalue weighted by Gasteiger charge is 2.21. The molecule has 0 heterocycles. The number of amides is 1. The molecule has 0 aliphatic rings. The number of hydrogen-bond donors (Lipinski definition) is 1. The van der Waals surface area contributed by atoms with Crippen molar-refractivity contribution in [1.29, 1.82) is 0 Å². The number of carboxylic acid groups (broad SMARTS) is 1. The van der Waals surface area contributed by atoms with Gasteiger partial charge < -0.3 is 19.5 Å². The van der Waals surface area contributed by atoms with E-state index in [1.807, 2.05) is 6.92 Å². The Balaban J connectivity index is 2.95. The second-order valence-electron chi connectivity index (χ2n) is 4.04. The summed E-state index contributed by atoms with van der Waals surface area (Å²) in [5.74, 6) is -0.996. The maximum Gasteiger partial charge on any atom is 0.323 e. The van der Waals surface area contributed by atoms with Crippen molar-refractivity contribution >= 4 is 11.9 Å². The van der Waals surface area contributed by atoms with Crippen LogP contribution in [0.3, 0.4) is 0 Å². The van der Waals surface area contributed by atoms with Crippen molar-refractivity contribution < 1.29 is 24.2 Å². The van der Waals surface area contributed by atoms with Crippen molar-refractivity contribution in [3.63, 3.8) is 0 Å². The number of carbonyl (C=O) groups is 2. The van der Waals surface area contributed by atoms with E-state index in [0.29, 0.717) is 17.9 Å². The summed E-state index contributed by atoms with van der Waals surface area (Å²) >= 11 is 0. The van der Waals surface area contributed by atoms with E-state index in [9.17, 15) is 9.59 Å². The molecule has 0 atom stereocenters. The summed E-state index contributed by atoms with van der Waals surface area (Å²) < 4.78 is 10.3. The molecule has 20 heavy (non-hydrogen) atoms. The summed E-state index contributed by atoms with van der Waals surface area (Å²) in [6.45, 7) is 2.36. The number of para-hydroxylation sites is 1. The largest absolute Gasteiger partial charge is 0.493 e. The van der Waals surface area contributed by atoms with Gasteiger partial charge >= 0.3 is 5.97 Å². The summed E-state index contributed by atoms with van der Waals surface area (Å²) in [4.78, 5) is 24.5. The van der Waals surface area contributed by atoms with Crippen molar-refractivity contribution in [2.24, 2.45) is 0 Å². The molecule has 0 saturated heterocycles. The number of hydrogen-bond acceptors (Lipinski definition) is 4. The van der Waals surface area contributed by atoms with Crippen LogP contribution in [0.15, 0.2) is 24.3 Å². The van der Waals surface area contributed by atoms with Crippen LogP contribution in [0.2, 0.25) is 0 Å². The number of carbonyl (C=O) groups excluding carboxylic acids is 1. The molecular weight excluding hydrogens is 262 g/mol. The first-order valence-corrected chi connectivity index (χ1v) is 6.32. The first-order chi connectivity index (χ1) is 9.60. The lowest BCUT2D eigenvalue weighted by Crippen LogP contribution is -2.38. The average Bonchev–Trinajstić information content (AvgIpc) is 2.43. The number of methoxy groups -OCH3 is 1. The van der Waals surface area contributed by atoms with E-state index in [2.05, 4.69) is 0 Å². The lowest BCUT2D eigenvalue weighted by atomic mass is 10.1. The predicted octanol–water partition coefficient (Wildman–Crippen LogP) is 1.26. The Morgan fingerprint density at radius 2 is 2.00 bits per heavy atom. The lowest BCUT2D eigenvalue weighted by molar-refractivity contribution is -0.137. The van der Waals surface area contributed by atoms with Crippen LogP contribution in [0, 0.1) is 0 Å². The van der Waals surface area contributed by atoms with Crippen LogP contribution in [-0.4, -0.2) is 55.3 Å². The maximum absolute atomic E-state index is 12.4. The van der Waals surface area contributed by atoms with E-state index >= 15 is 0 Å². The Morgan fingerprint density at radius 3 is 2.60 bits per heavy atom. The van der Waals surface area contributed by atoms with Crippen LogP contribution >= 0.6 is 0 Å². The zero-order valence-corrected chi connectivity index (χ0v) is 11.7. The van der Waals surface area contributed by atoms with E-state index in [4.69, 9.17) is 14.6 Å². The molecule has 0 radical (unpaired) electrons. The molecule has 1 rings (SSSR count). The van der Waals surface area contributed by atoms with Gasteiger partial charge in [-0.3, -0.25) is 9.59 Å². The van der Waals surface area contributed by atoms with E-state index in [1.54, 1.807) is 24.3 Å². The smallest absolute Gasteiger partial charge is 0.323 e. The minimum atomic E-state index is -1.07. The van der Waals surface area contributed by atoms with Crippen molar-refractivity contribution in [3.05, 3.63) is 29.8 Å². The van der Waals surface area contributed by atoms with Crippen LogP contribution in [0.1, 0.15) is 17.3 Å². The molecule has 0 fully saturated rings. The molecule has 0 unspecified atom stereocenters. The highest BCUT2D eigenvalue weighted by Crippen LogP contribution is 2.19.